The van der Waals surface area contributed by atoms with Crippen LogP contribution < -0.4 is 4.31 Å². The fourth-order valence-electron chi connectivity index (χ4n) is 3.80. The summed E-state index contributed by atoms with van der Waals surface area (Å²) in [6, 6.07) is 15.5. The maximum atomic E-state index is 15.0. The molecule has 0 aliphatic heterocycles. The maximum Gasteiger partial charge on any atom is 0.268 e. The van der Waals surface area contributed by atoms with Crippen molar-refractivity contribution in [1.29, 1.82) is 5.26 Å². The molecular formula is C26H23FN4O6S2. The summed E-state index contributed by atoms with van der Waals surface area (Å²) in [6.07, 6.45) is 1.56. The van der Waals surface area contributed by atoms with E-state index in [1.807, 2.05) is 0 Å². The SMILES string of the molecule is COCN(c1ccc(C#N)cc1F)S(=O)(=O)c1cn(S(=O)(=O)c2ccc(C)cc2)cc1C(O)c1ccccn1. The van der Waals surface area contributed by atoms with Crippen LogP contribution in [0.15, 0.2) is 89.0 Å². The normalized spacial score (nSPS) is 12.6. The number of sulfonamides is 1. The van der Waals surface area contributed by atoms with E-state index in [4.69, 9.17) is 10.00 Å². The van der Waals surface area contributed by atoms with Crippen molar-refractivity contribution in [1.82, 2.24) is 8.96 Å². The second kappa shape index (κ2) is 11.0. The van der Waals surface area contributed by atoms with Gasteiger partial charge in [-0.3, -0.25) is 4.98 Å². The number of benzene rings is 2. The monoisotopic (exact) mass is 570 g/mol. The Morgan fingerprint density at radius 3 is 2.41 bits per heavy atom. The Balaban J connectivity index is 1.94. The van der Waals surface area contributed by atoms with Gasteiger partial charge >= 0.3 is 0 Å². The maximum absolute atomic E-state index is 15.0. The Bertz CT molecular complexity index is 1750. The lowest BCUT2D eigenvalue weighted by Gasteiger charge is -2.24. The van der Waals surface area contributed by atoms with Crippen LogP contribution in [0.4, 0.5) is 10.1 Å². The highest BCUT2D eigenvalue weighted by molar-refractivity contribution is 7.93. The molecule has 0 amide bonds. The van der Waals surface area contributed by atoms with Crippen LogP contribution in [0.2, 0.25) is 0 Å². The first-order valence-electron chi connectivity index (χ1n) is 11.3. The van der Waals surface area contributed by atoms with E-state index in [1.165, 1.54) is 37.6 Å². The highest BCUT2D eigenvalue weighted by Crippen LogP contribution is 2.34. The molecule has 202 valence electrons. The van der Waals surface area contributed by atoms with Gasteiger partial charge < -0.3 is 9.84 Å². The summed E-state index contributed by atoms with van der Waals surface area (Å²) in [7, 11) is -7.86. The fourth-order valence-corrected chi connectivity index (χ4v) is 6.68. The van der Waals surface area contributed by atoms with E-state index < -0.39 is 49.3 Å². The predicted molar refractivity (Wildman–Crippen MR) is 139 cm³/mol. The van der Waals surface area contributed by atoms with Gasteiger partial charge in [0.05, 0.1) is 27.9 Å². The largest absolute Gasteiger partial charge is 0.382 e. The molecule has 4 rings (SSSR count). The number of aryl methyl sites for hydroxylation is 1. The van der Waals surface area contributed by atoms with E-state index in [1.54, 1.807) is 37.3 Å². The van der Waals surface area contributed by atoms with Crippen LogP contribution in [0.3, 0.4) is 0 Å². The van der Waals surface area contributed by atoms with Crippen molar-refractivity contribution < 1.29 is 31.1 Å². The molecule has 0 fully saturated rings. The van der Waals surface area contributed by atoms with Crippen LogP contribution in [0.1, 0.15) is 28.5 Å². The summed E-state index contributed by atoms with van der Waals surface area (Å²) >= 11 is 0. The lowest BCUT2D eigenvalue weighted by atomic mass is 10.1. The first-order chi connectivity index (χ1) is 18.5. The van der Waals surface area contributed by atoms with E-state index in [0.717, 1.165) is 30.1 Å². The van der Waals surface area contributed by atoms with E-state index >= 15 is 0 Å². The standard InChI is InChI=1S/C26H23FN4O6S2/c1-18-6-9-20(10-7-18)38(33,34)30-15-21(26(32)23-5-3-4-12-29-23)25(16-30)39(35,36)31(17-37-2)24-11-8-19(14-28)13-22(24)27/h3-13,15-16,26,32H,17H2,1-2H3. The third kappa shape index (κ3) is 5.41. The molecule has 0 aliphatic rings. The first kappa shape index (κ1) is 27.9. The average molecular weight is 571 g/mol. The van der Waals surface area contributed by atoms with Gasteiger partial charge in [-0.1, -0.05) is 23.8 Å². The Kier molecular flexibility index (Phi) is 7.84. The van der Waals surface area contributed by atoms with E-state index in [9.17, 15) is 26.3 Å². The third-order valence-corrected chi connectivity index (χ3v) is 9.23. The molecule has 0 saturated carbocycles. The van der Waals surface area contributed by atoms with Gasteiger partial charge in [0.25, 0.3) is 20.0 Å². The van der Waals surface area contributed by atoms with Gasteiger partial charge in [0.1, 0.15) is 23.5 Å². The number of pyridine rings is 1. The van der Waals surface area contributed by atoms with E-state index in [-0.39, 0.29) is 21.7 Å². The average Bonchev–Trinajstić information content (AvgIpc) is 3.40. The quantitative estimate of drug-likeness (QED) is 0.302. The highest BCUT2D eigenvalue weighted by Gasteiger charge is 2.35. The van der Waals surface area contributed by atoms with Crippen molar-refractivity contribution in [2.24, 2.45) is 0 Å². The smallest absolute Gasteiger partial charge is 0.268 e. The number of aromatic nitrogens is 2. The van der Waals surface area contributed by atoms with Gasteiger partial charge in [0, 0.05) is 31.3 Å². The molecule has 2 aromatic carbocycles. The number of ether oxygens (including phenoxy) is 1. The second-order valence-corrected chi connectivity index (χ2v) is 12.1. The molecule has 0 spiro atoms. The number of aliphatic hydroxyl groups excluding tert-OH is 1. The molecule has 0 bridgehead atoms. The number of methoxy groups -OCH3 is 1. The zero-order chi connectivity index (χ0) is 28.4. The first-order valence-corrected chi connectivity index (χ1v) is 14.2. The summed E-state index contributed by atoms with van der Waals surface area (Å²) in [5.41, 5.74) is 0.0911. The van der Waals surface area contributed by atoms with Gasteiger partial charge in [0.2, 0.25) is 0 Å². The number of aliphatic hydroxyl groups is 1. The number of rotatable bonds is 9. The molecule has 2 heterocycles. The number of nitriles is 1. The van der Waals surface area contributed by atoms with Crippen molar-refractivity contribution in [3.63, 3.8) is 0 Å². The van der Waals surface area contributed by atoms with Crippen molar-refractivity contribution in [2.75, 3.05) is 18.1 Å². The van der Waals surface area contributed by atoms with Gasteiger partial charge in [-0.25, -0.2) is 29.5 Å². The summed E-state index contributed by atoms with van der Waals surface area (Å²) in [4.78, 5) is 3.33. The highest BCUT2D eigenvalue weighted by atomic mass is 32.2. The molecule has 1 N–H and O–H groups in total. The van der Waals surface area contributed by atoms with Crippen LogP contribution in [-0.2, 0) is 24.8 Å². The number of halogens is 1. The van der Waals surface area contributed by atoms with E-state index in [2.05, 4.69) is 4.98 Å². The molecule has 0 aliphatic carbocycles. The molecular weight excluding hydrogens is 547 g/mol. The lowest BCUT2D eigenvalue weighted by molar-refractivity contribution is 0.207. The topological polar surface area (TPSA) is 143 Å². The van der Waals surface area contributed by atoms with Crippen LogP contribution in [0.25, 0.3) is 0 Å². The number of hydrogen-bond donors (Lipinski definition) is 1. The third-order valence-electron chi connectivity index (χ3n) is 5.81. The molecule has 0 radical (unpaired) electrons. The summed E-state index contributed by atoms with van der Waals surface area (Å²) in [6.45, 7) is 1.13. The zero-order valence-electron chi connectivity index (χ0n) is 20.8. The van der Waals surface area contributed by atoms with Gasteiger partial charge in [0.15, 0.2) is 0 Å². The lowest BCUT2D eigenvalue weighted by Crippen LogP contribution is -2.34. The summed E-state index contributed by atoms with van der Waals surface area (Å²) in [5.74, 6) is -1.02. The van der Waals surface area contributed by atoms with Crippen LogP contribution in [0, 0.1) is 24.1 Å². The van der Waals surface area contributed by atoms with Crippen molar-refractivity contribution >= 4 is 25.7 Å². The van der Waals surface area contributed by atoms with Crippen LogP contribution in [-0.4, -0.2) is 44.7 Å². The predicted octanol–water partition coefficient (Wildman–Crippen LogP) is 3.32. The van der Waals surface area contributed by atoms with Crippen molar-refractivity contribution in [3.05, 3.63) is 107 Å². The number of nitrogens with zero attached hydrogens (tertiary/aromatic N) is 4. The fraction of sp³-hybridized carbons (Fsp3) is 0.154. The Hall–Kier alpha value is -4.09. The summed E-state index contributed by atoms with van der Waals surface area (Å²) in [5, 5.41) is 20.2. The number of hydrogen-bond acceptors (Lipinski definition) is 8. The van der Waals surface area contributed by atoms with Gasteiger partial charge in [-0.2, -0.15) is 5.26 Å². The molecule has 4 aromatic rings. The minimum Gasteiger partial charge on any atom is -0.382 e. The second-order valence-electron chi connectivity index (χ2n) is 8.43. The number of anilines is 1. The van der Waals surface area contributed by atoms with Crippen LogP contribution in [0.5, 0.6) is 0 Å². The minimum atomic E-state index is -4.76. The van der Waals surface area contributed by atoms with Gasteiger partial charge in [-0.15, -0.1) is 0 Å². The van der Waals surface area contributed by atoms with Crippen LogP contribution >= 0.6 is 0 Å². The Morgan fingerprint density at radius 1 is 1.10 bits per heavy atom. The van der Waals surface area contributed by atoms with Crippen molar-refractivity contribution in [3.8, 4) is 6.07 Å². The van der Waals surface area contributed by atoms with Gasteiger partial charge in [-0.05, 0) is 49.4 Å². The molecule has 0 saturated heterocycles. The Labute approximate surface area is 225 Å². The molecule has 2 aromatic heterocycles. The molecule has 39 heavy (non-hydrogen) atoms. The van der Waals surface area contributed by atoms with Crippen molar-refractivity contribution in [2.45, 2.75) is 22.8 Å². The molecule has 1 unspecified atom stereocenters. The molecule has 13 heteroatoms. The zero-order valence-corrected chi connectivity index (χ0v) is 22.4. The molecule has 10 nitrogen and oxygen atoms in total. The van der Waals surface area contributed by atoms with E-state index in [0.29, 0.717) is 8.28 Å². The summed E-state index contributed by atoms with van der Waals surface area (Å²) < 4.78 is 76.1. The molecule has 1 atom stereocenters. The minimum absolute atomic E-state index is 0.0346. The Morgan fingerprint density at radius 2 is 1.82 bits per heavy atom.